The van der Waals surface area contributed by atoms with Gasteiger partial charge in [-0.2, -0.15) is 5.26 Å². The summed E-state index contributed by atoms with van der Waals surface area (Å²) in [6, 6.07) is 5.75. The number of nitriles is 1. The number of rotatable bonds is 2. The number of oxazole rings is 1. The lowest BCUT2D eigenvalue weighted by Crippen LogP contribution is -2.20. The predicted molar refractivity (Wildman–Crippen MR) is 94.1 cm³/mol. The van der Waals surface area contributed by atoms with Crippen molar-refractivity contribution >= 4 is 22.0 Å². The van der Waals surface area contributed by atoms with Crippen LogP contribution in [0.25, 0.3) is 33.1 Å². The molecule has 2 heterocycles. The molecule has 0 N–H and O–H groups in total. The molecule has 2 aromatic carbocycles. The summed E-state index contributed by atoms with van der Waals surface area (Å²) in [5.74, 6) is -2.90. The Bertz CT molecular complexity index is 1370. The van der Waals surface area contributed by atoms with Gasteiger partial charge in [0.25, 0.3) is 5.56 Å². The third kappa shape index (κ3) is 2.26. The Morgan fingerprint density at radius 2 is 1.82 bits per heavy atom. The van der Waals surface area contributed by atoms with Gasteiger partial charge in [-0.3, -0.25) is 4.79 Å². The topological polar surface area (TPSA) is 71.8 Å². The molecule has 0 unspecified atom stereocenters. The average Bonchev–Trinajstić information content (AvgIpc) is 3.36. The van der Waals surface area contributed by atoms with E-state index in [0.29, 0.717) is 10.9 Å². The van der Waals surface area contributed by atoms with E-state index in [9.17, 15) is 18.0 Å². The number of aromatic nitrogens is 2. The smallest absolute Gasteiger partial charge is 0.281 e. The standard InChI is InChI=1S/C20H10F3N3O2/c21-14-3-9(4-15(22)13(14)7-24)11-6-17-12(5-16(11)23)19-18(25-8-28-19)20(27)26(17)10-1-2-10/h3-6,8,10H,1-2H2. The molecule has 0 radical (unpaired) electrons. The average molecular weight is 381 g/mol. The lowest BCUT2D eigenvalue weighted by atomic mass is 10.0. The van der Waals surface area contributed by atoms with Crippen LogP contribution < -0.4 is 5.56 Å². The van der Waals surface area contributed by atoms with Crippen LogP contribution in [-0.4, -0.2) is 9.55 Å². The first kappa shape index (κ1) is 16.6. The first-order valence-corrected chi connectivity index (χ1v) is 8.50. The van der Waals surface area contributed by atoms with Crippen LogP contribution in [0, 0.1) is 28.8 Å². The van der Waals surface area contributed by atoms with Gasteiger partial charge in [0, 0.05) is 17.0 Å². The molecule has 0 atom stereocenters. The van der Waals surface area contributed by atoms with Crippen molar-refractivity contribution in [1.29, 1.82) is 5.26 Å². The molecular weight excluding hydrogens is 371 g/mol. The van der Waals surface area contributed by atoms with Crippen molar-refractivity contribution in [2.24, 2.45) is 0 Å². The Morgan fingerprint density at radius 3 is 2.46 bits per heavy atom. The van der Waals surface area contributed by atoms with Gasteiger partial charge < -0.3 is 8.98 Å². The maximum atomic E-state index is 14.9. The van der Waals surface area contributed by atoms with Crippen molar-refractivity contribution in [3.05, 3.63) is 64.0 Å². The van der Waals surface area contributed by atoms with E-state index in [0.717, 1.165) is 31.4 Å². The zero-order valence-electron chi connectivity index (χ0n) is 14.2. The molecule has 1 fully saturated rings. The summed E-state index contributed by atoms with van der Waals surface area (Å²) in [5.41, 5.74) is -0.556. The van der Waals surface area contributed by atoms with Gasteiger partial charge in [0.05, 0.1) is 5.52 Å². The predicted octanol–water partition coefficient (Wildman–Crippen LogP) is 4.43. The highest BCUT2D eigenvalue weighted by atomic mass is 19.1. The minimum atomic E-state index is -1.08. The fourth-order valence-corrected chi connectivity index (χ4v) is 3.51. The maximum absolute atomic E-state index is 14.9. The van der Waals surface area contributed by atoms with Crippen LogP contribution in [0.3, 0.4) is 0 Å². The zero-order valence-corrected chi connectivity index (χ0v) is 14.2. The zero-order chi connectivity index (χ0) is 19.6. The van der Waals surface area contributed by atoms with Gasteiger partial charge in [-0.1, -0.05) is 0 Å². The van der Waals surface area contributed by atoms with Crippen molar-refractivity contribution in [3.8, 4) is 17.2 Å². The second kappa shape index (κ2) is 5.70. The Labute approximate surface area is 155 Å². The molecule has 28 heavy (non-hydrogen) atoms. The molecule has 138 valence electrons. The lowest BCUT2D eigenvalue weighted by Gasteiger charge is -2.13. The summed E-state index contributed by atoms with van der Waals surface area (Å²) in [6.07, 6.45) is 2.72. The van der Waals surface area contributed by atoms with Crippen molar-refractivity contribution in [2.45, 2.75) is 18.9 Å². The highest BCUT2D eigenvalue weighted by Gasteiger charge is 2.29. The van der Waals surface area contributed by atoms with Gasteiger partial charge in [-0.05, 0) is 42.7 Å². The van der Waals surface area contributed by atoms with E-state index in [2.05, 4.69) is 4.98 Å². The Balaban J connectivity index is 1.87. The minimum Gasteiger partial charge on any atom is -0.443 e. The van der Waals surface area contributed by atoms with Gasteiger partial charge in [0.15, 0.2) is 17.5 Å². The van der Waals surface area contributed by atoms with Gasteiger partial charge in [-0.15, -0.1) is 0 Å². The van der Waals surface area contributed by atoms with E-state index in [-0.39, 0.29) is 33.8 Å². The molecule has 0 spiro atoms. The number of fused-ring (bicyclic) bond motifs is 3. The molecule has 0 saturated heterocycles. The molecule has 5 rings (SSSR count). The molecule has 0 aliphatic heterocycles. The van der Waals surface area contributed by atoms with E-state index < -0.39 is 23.0 Å². The van der Waals surface area contributed by atoms with E-state index >= 15 is 0 Å². The third-order valence-electron chi connectivity index (χ3n) is 4.96. The summed E-state index contributed by atoms with van der Waals surface area (Å²) in [4.78, 5) is 16.7. The number of benzene rings is 2. The molecule has 8 heteroatoms. The second-order valence-electron chi connectivity index (χ2n) is 6.71. The SMILES string of the molecule is N#Cc1c(F)cc(-c2cc3c(cc2F)c2ocnc2c(=O)n3C2CC2)cc1F. The Morgan fingerprint density at radius 1 is 1.11 bits per heavy atom. The summed E-state index contributed by atoms with van der Waals surface area (Å²) < 4.78 is 49.7. The quantitative estimate of drug-likeness (QED) is 0.515. The van der Waals surface area contributed by atoms with Crippen LogP contribution in [0.2, 0.25) is 0 Å². The minimum absolute atomic E-state index is 0.0381. The molecule has 0 amide bonds. The number of nitrogens with zero attached hydrogens (tertiary/aromatic N) is 3. The molecule has 4 aromatic rings. The third-order valence-corrected chi connectivity index (χ3v) is 4.96. The number of hydrogen-bond acceptors (Lipinski definition) is 4. The number of pyridine rings is 1. The molecule has 0 bridgehead atoms. The van der Waals surface area contributed by atoms with E-state index in [1.807, 2.05) is 0 Å². The van der Waals surface area contributed by atoms with Gasteiger partial charge in [0.2, 0.25) is 0 Å². The van der Waals surface area contributed by atoms with Crippen molar-refractivity contribution in [1.82, 2.24) is 9.55 Å². The van der Waals surface area contributed by atoms with Crippen molar-refractivity contribution in [2.75, 3.05) is 0 Å². The van der Waals surface area contributed by atoms with Gasteiger partial charge in [0.1, 0.15) is 29.1 Å². The van der Waals surface area contributed by atoms with Crippen molar-refractivity contribution in [3.63, 3.8) is 0 Å². The first-order valence-electron chi connectivity index (χ1n) is 8.50. The number of hydrogen-bond donors (Lipinski definition) is 0. The van der Waals surface area contributed by atoms with Gasteiger partial charge in [-0.25, -0.2) is 18.2 Å². The molecule has 5 nitrogen and oxygen atoms in total. The molecule has 1 aliphatic rings. The fourth-order valence-electron chi connectivity index (χ4n) is 3.51. The van der Waals surface area contributed by atoms with E-state index in [1.54, 1.807) is 0 Å². The van der Waals surface area contributed by atoms with Crippen LogP contribution in [0.1, 0.15) is 24.4 Å². The Kier molecular flexibility index (Phi) is 3.37. The van der Waals surface area contributed by atoms with Crippen LogP contribution in [-0.2, 0) is 0 Å². The molecule has 1 saturated carbocycles. The highest BCUT2D eigenvalue weighted by molar-refractivity contribution is 6.02. The molecule has 1 aliphatic carbocycles. The number of halogens is 3. The largest absolute Gasteiger partial charge is 0.443 e. The maximum Gasteiger partial charge on any atom is 0.281 e. The summed E-state index contributed by atoms with van der Waals surface area (Å²) in [6.45, 7) is 0. The fraction of sp³-hybridized carbons (Fsp3) is 0.150. The second-order valence-corrected chi connectivity index (χ2v) is 6.71. The van der Waals surface area contributed by atoms with E-state index in [1.165, 1.54) is 22.8 Å². The van der Waals surface area contributed by atoms with Crippen LogP contribution in [0.4, 0.5) is 13.2 Å². The summed E-state index contributed by atoms with van der Waals surface area (Å²) in [5, 5.41) is 9.17. The Hall–Kier alpha value is -3.60. The normalized spacial score (nSPS) is 13.9. The highest BCUT2D eigenvalue weighted by Crippen LogP contribution is 2.39. The first-order chi connectivity index (χ1) is 13.5. The monoisotopic (exact) mass is 381 g/mol. The van der Waals surface area contributed by atoms with E-state index in [4.69, 9.17) is 9.68 Å². The van der Waals surface area contributed by atoms with Crippen LogP contribution in [0.15, 0.2) is 39.9 Å². The molecular formula is C20H10F3N3O2. The molecule has 2 aromatic heterocycles. The summed E-state index contributed by atoms with van der Waals surface area (Å²) >= 11 is 0. The van der Waals surface area contributed by atoms with Crippen molar-refractivity contribution < 1.29 is 17.6 Å². The lowest BCUT2D eigenvalue weighted by molar-refractivity contribution is 0.577. The summed E-state index contributed by atoms with van der Waals surface area (Å²) in [7, 11) is 0. The van der Waals surface area contributed by atoms with Gasteiger partial charge >= 0.3 is 0 Å². The van der Waals surface area contributed by atoms with Crippen LogP contribution in [0.5, 0.6) is 0 Å². The van der Waals surface area contributed by atoms with Crippen LogP contribution >= 0.6 is 0 Å².